The van der Waals surface area contributed by atoms with Crippen molar-refractivity contribution in [3.63, 3.8) is 0 Å². The molecule has 0 unspecified atom stereocenters. The van der Waals surface area contributed by atoms with Crippen molar-refractivity contribution in [3.8, 4) is 0 Å². The number of hydrogen-bond acceptors (Lipinski definition) is 3. The molecule has 3 nitrogen and oxygen atoms in total. The Morgan fingerprint density at radius 3 is 2.64 bits per heavy atom. The van der Waals surface area contributed by atoms with E-state index in [0.717, 1.165) is 12.3 Å². The summed E-state index contributed by atoms with van der Waals surface area (Å²) in [7, 11) is -3.73. The Bertz CT molecular complexity index is 435. The first-order valence-electron chi connectivity index (χ1n) is 3.57. The van der Waals surface area contributed by atoms with Gasteiger partial charge >= 0.3 is 0 Å². The molecule has 1 aromatic heterocycles. The van der Waals surface area contributed by atoms with Crippen LogP contribution in [0.4, 0.5) is 4.39 Å². The van der Waals surface area contributed by atoms with E-state index in [2.05, 4.69) is 4.98 Å². The van der Waals surface area contributed by atoms with Gasteiger partial charge in [0.1, 0.15) is 0 Å². The van der Waals surface area contributed by atoms with Crippen LogP contribution in [0, 0.1) is 5.82 Å². The molecule has 0 saturated heterocycles. The van der Waals surface area contributed by atoms with Gasteiger partial charge in [0.15, 0.2) is 20.7 Å². The number of nitrogens with zero attached hydrogens (tertiary/aromatic N) is 1. The number of halogens is 3. The summed E-state index contributed by atoms with van der Waals surface area (Å²) in [4.78, 5) is 3.41. The highest BCUT2D eigenvalue weighted by Gasteiger charge is 2.20. The molecule has 0 aliphatic heterocycles. The molecule has 0 radical (unpaired) electrons. The Balaban J connectivity index is 3.20. The lowest BCUT2D eigenvalue weighted by Crippen LogP contribution is -2.11. The van der Waals surface area contributed by atoms with Crippen LogP contribution in [0.2, 0.25) is 5.02 Å². The number of alkyl halides is 1. The fourth-order valence-corrected chi connectivity index (χ4v) is 2.55. The van der Waals surface area contributed by atoms with E-state index in [9.17, 15) is 12.8 Å². The topological polar surface area (TPSA) is 47.0 Å². The molecule has 0 spiro atoms. The molecule has 7 heteroatoms. The van der Waals surface area contributed by atoms with E-state index < -0.39 is 20.7 Å². The number of pyridine rings is 1. The summed E-state index contributed by atoms with van der Waals surface area (Å²) in [6.07, 6.45) is 1.08. The maximum atomic E-state index is 13.1. The first kappa shape index (κ1) is 11.7. The molecule has 0 aliphatic rings. The summed E-state index contributed by atoms with van der Waals surface area (Å²) >= 11 is 10.7. The number of sulfone groups is 1. The largest absolute Gasteiger partial charge is 0.240 e. The van der Waals surface area contributed by atoms with Crippen LogP contribution in [0.25, 0.3) is 0 Å². The molecule has 1 heterocycles. The molecule has 0 fully saturated rings. The number of hydrogen-bond donors (Lipinski definition) is 0. The molecular weight excluding hydrogens is 252 g/mol. The molecule has 0 atom stereocenters. The van der Waals surface area contributed by atoms with Crippen LogP contribution in [0.15, 0.2) is 17.3 Å². The summed E-state index contributed by atoms with van der Waals surface area (Å²) < 4.78 is 35.8. The maximum Gasteiger partial charge on any atom is 0.199 e. The van der Waals surface area contributed by atoms with Crippen LogP contribution in [-0.4, -0.2) is 25.0 Å². The van der Waals surface area contributed by atoms with Crippen molar-refractivity contribution in [2.24, 2.45) is 0 Å². The third kappa shape index (κ3) is 2.56. The van der Waals surface area contributed by atoms with Crippen LogP contribution >= 0.6 is 23.2 Å². The van der Waals surface area contributed by atoms with Gasteiger partial charge in [0.2, 0.25) is 0 Å². The van der Waals surface area contributed by atoms with E-state index in [4.69, 9.17) is 23.2 Å². The van der Waals surface area contributed by atoms with Gasteiger partial charge in [0.25, 0.3) is 0 Å². The molecule has 1 rings (SSSR count). The van der Waals surface area contributed by atoms with Gasteiger partial charge in [-0.15, -0.1) is 11.6 Å². The van der Waals surface area contributed by atoms with Crippen molar-refractivity contribution in [1.82, 2.24) is 4.98 Å². The molecule has 0 aromatic carbocycles. The van der Waals surface area contributed by atoms with Crippen molar-refractivity contribution in [3.05, 3.63) is 23.1 Å². The summed E-state index contributed by atoms with van der Waals surface area (Å²) in [5, 5.41) is -0.560. The summed E-state index contributed by atoms with van der Waals surface area (Å²) in [5.41, 5.74) is 0. The van der Waals surface area contributed by atoms with Crippen LogP contribution in [0.1, 0.15) is 0 Å². The van der Waals surface area contributed by atoms with E-state index in [1.807, 2.05) is 0 Å². The zero-order chi connectivity index (χ0) is 10.8. The van der Waals surface area contributed by atoms with E-state index in [0.29, 0.717) is 0 Å². The summed E-state index contributed by atoms with van der Waals surface area (Å²) in [6.45, 7) is 0. The van der Waals surface area contributed by atoms with Gasteiger partial charge in [-0.2, -0.15) is 0 Å². The van der Waals surface area contributed by atoms with Gasteiger partial charge < -0.3 is 0 Å². The minimum absolute atomic E-state index is 0.0484. The van der Waals surface area contributed by atoms with Gasteiger partial charge in [-0.05, 0) is 6.07 Å². The predicted molar refractivity (Wildman–Crippen MR) is 52.0 cm³/mol. The molecule has 0 saturated carbocycles. The minimum Gasteiger partial charge on any atom is -0.240 e. The normalized spacial score (nSPS) is 11.6. The Kier molecular flexibility index (Phi) is 3.69. The molecular formula is C7H6Cl2FNO2S. The third-order valence-electron chi connectivity index (χ3n) is 1.41. The first-order chi connectivity index (χ1) is 6.47. The molecule has 0 aliphatic carbocycles. The van der Waals surface area contributed by atoms with Crippen molar-refractivity contribution in [1.29, 1.82) is 0 Å². The second-order valence-electron chi connectivity index (χ2n) is 2.45. The van der Waals surface area contributed by atoms with Crippen LogP contribution in [-0.2, 0) is 9.84 Å². The standard InChI is InChI=1S/C7H6Cl2FNO2S/c8-1-2-14(12,13)7-6(10)3-5(9)4-11-7/h3-4H,1-2H2. The fourth-order valence-electron chi connectivity index (χ4n) is 0.829. The zero-order valence-electron chi connectivity index (χ0n) is 6.87. The van der Waals surface area contributed by atoms with E-state index in [1.54, 1.807) is 0 Å². The van der Waals surface area contributed by atoms with E-state index in [1.165, 1.54) is 0 Å². The minimum atomic E-state index is -3.73. The lowest BCUT2D eigenvalue weighted by atomic mass is 10.5. The lowest BCUT2D eigenvalue weighted by Gasteiger charge is -2.02. The number of rotatable bonds is 3. The third-order valence-corrected chi connectivity index (χ3v) is 3.67. The summed E-state index contributed by atoms with van der Waals surface area (Å²) in [5.74, 6) is -1.41. The Morgan fingerprint density at radius 2 is 2.14 bits per heavy atom. The monoisotopic (exact) mass is 257 g/mol. The predicted octanol–water partition coefficient (Wildman–Crippen LogP) is 1.89. The SMILES string of the molecule is O=S(=O)(CCCl)c1ncc(Cl)cc1F. The summed E-state index contributed by atoms with van der Waals surface area (Å²) in [6, 6.07) is 0.898. The van der Waals surface area contributed by atoms with Gasteiger partial charge in [0.05, 0.1) is 10.8 Å². The smallest absolute Gasteiger partial charge is 0.199 e. The van der Waals surface area contributed by atoms with E-state index >= 15 is 0 Å². The Hall–Kier alpha value is -0.390. The fraction of sp³-hybridized carbons (Fsp3) is 0.286. The van der Waals surface area contributed by atoms with Gasteiger partial charge in [-0.25, -0.2) is 17.8 Å². The van der Waals surface area contributed by atoms with Crippen LogP contribution in [0.3, 0.4) is 0 Å². The van der Waals surface area contributed by atoms with Crippen molar-refractivity contribution >= 4 is 33.0 Å². The molecule has 0 bridgehead atoms. The van der Waals surface area contributed by atoms with Crippen molar-refractivity contribution < 1.29 is 12.8 Å². The second kappa shape index (κ2) is 4.42. The maximum absolute atomic E-state index is 13.1. The Morgan fingerprint density at radius 1 is 1.50 bits per heavy atom. The second-order valence-corrected chi connectivity index (χ2v) is 5.29. The average molecular weight is 258 g/mol. The van der Waals surface area contributed by atoms with Crippen molar-refractivity contribution in [2.75, 3.05) is 11.6 Å². The van der Waals surface area contributed by atoms with Gasteiger partial charge in [0, 0.05) is 12.1 Å². The molecule has 0 amide bonds. The molecule has 14 heavy (non-hydrogen) atoms. The van der Waals surface area contributed by atoms with Gasteiger partial charge in [-0.1, -0.05) is 11.6 Å². The zero-order valence-corrected chi connectivity index (χ0v) is 9.20. The number of aromatic nitrogens is 1. The van der Waals surface area contributed by atoms with Crippen molar-refractivity contribution in [2.45, 2.75) is 5.03 Å². The van der Waals surface area contributed by atoms with E-state index in [-0.39, 0.29) is 16.7 Å². The van der Waals surface area contributed by atoms with Crippen LogP contribution < -0.4 is 0 Å². The lowest BCUT2D eigenvalue weighted by molar-refractivity contribution is 0.554. The highest BCUT2D eigenvalue weighted by atomic mass is 35.5. The average Bonchev–Trinajstić information content (AvgIpc) is 2.02. The molecule has 1 aromatic rings. The van der Waals surface area contributed by atoms with Crippen LogP contribution in [0.5, 0.6) is 0 Å². The first-order valence-corrected chi connectivity index (χ1v) is 6.13. The molecule has 78 valence electrons. The van der Waals surface area contributed by atoms with Gasteiger partial charge in [-0.3, -0.25) is 0 Å². The Labute approximate surface area is 90.8 Å². The highest BCUT2D eigenvalue weighted by Crippen LogP contribution is 2.16. The molecule has 0 N–H and O–H groups in total. The highest BCUT2D eigenvalue weighted by molar-refractivity contribution is 7.91. The quantitative estimate of drug-likeness (QED) is 0.778.